The summed E-state index contributed by atoms with van der Waals surface area (Å²) >= 11 is 0. The third-order valence-corrected chi connectivity index (χ3v) is 6.39. The number of hydrogen-bond acceptors (Lipinski definition) is 2. The first-order valence-electron chi connectivity index (χ1n) is 8.68. The molecule has 0 spiro atoms. The Hall–Kier alpha value is -1.05. The van der Waals surface area contributed by atoms with Crippen LogP contribution in [0.15, 0.2) is 23.3 Å². The van der Waals surface area contributed by atoms with Gasteiger partial charge in [-0.25, -0.2) is 0 Å². The zero-order valence-electron chi connectivity index (χ0n) is 15.2. The summed E-state index contributed by atoms with van der Waals surface area (Å²) in [4.78, 5) is 12.4. The quantitative estimate of drug-likeness (QED) is 0.523. The van der Waals surface area contributed by atoms with Gasteiger partial charge in [-0.15, -0.1) is 0 Å². The second-order valence-corrected chi connectivity index (χ2v) is 8.04. The number of methoxy groups -OCH3 is 1. The predicted molar refractivity (Wildman–Crippen MR) is 91.5 cm³/mol. The monoisotopic (exact) mass is 304 g/mol. The van der Waals surface area contributed by atoms with Crippen molar-refractivity contribution in [1.82, 2.24) is 0 Å². The fraction of sp³-hybridized carbons (Fsp3) is 0.750. The van der Waals surface area contributed by atoms with Crippen molar-refractivity contribution in [3.05, 3.63) is 23.3 Å². The molecular weight excluding hydrogens is 272 g/mol. The molecule has 0 aromatic carbocycles. The number of esters is 1. The standard InChI is InChI=1S/C20H32O2/c1-14(2)11-13-19(4)15(3)9-10-17-16(19)8-7-12-20(17,5)18(21)22-6/h8,11,15,17H,7,9-10,12-13H2,1-6H3/t15-,17+,19+,20+/m1/s1. The molecule has 2 nitrogen and oxygen atoms in total. The van der Waals surface area contributed by atoms with Crippen molar-refractivity contribution in [2.45, 2.75) is 66.7 Å². The maximum atomic E-state index is 12.4. The molecule has 2 aliphatic carbocycles. The second kappa shape index (κ2) is 6.22. The Morgan fingerprint density at radius 1 is 1.36 bits per heavy atom. The highest BCUT2D eigenvalue weighted by Gasteiger charge is 2.52. The summed E-state index contributed by atoms with van der Waals surface area (Å²) in [6.45, 7) is 11.2. The smallest absolute Gasteiger partial charge is 0.312 e. The topological polar surface area (TPSA) is 26.3 Å². The molecule has 124 valence electrons. The highest BCUT2D eigenvalue weighted by atomic mass is 16.5. The van der Waals surface area contributed by atoms with Gasteiger partial charge < -0.3 is 4.74 Å². The maximum absolute atomic E-state index is 12.4. The third kappa shape index (κ3) is 2.77. The number of carbonyl (C=O) groups excluding carboxylic acids is 1. The van der Waals surface area contributed by atoms with Crippen molar-refractivity contribution in [3.8, 4) is 0 Å². The van der Waals surface area contributed by atoms with Gasteiger partial charge in [0.1, 0.15) is 0 Å². The highest BCUT2D eigenvalue weighted by molar-refractivity contribution is 5.77. The number of ether oxygens (including phenoxy) is 1. The summed E-state index contributed by atoms with van der Waals surface area (Å²) in [5.41, 5.74) is 2.73. The van der Waals surface area contributed by atoms with Gasteiger partial charge in [-0.1, -0.05) is 37.1 Å². The van der Waals surface area contributed by atoms with Gasteiger partial charge in [0.25, 0.3) is 0 Å². The first-order valence-corrected chi connectivity index (χ1v) is 8.68. The molecule has 0 heterocycles. The fourth-order valence-electron chi connectivity index (χ4n) is 4.52. The van der Waals surface area contributed by atoms with E-state index in [4.69, 9.17) is 4.74 Å². The maximum Gasteiger partial charge on any atom is 0.312 e. The molecule has 0 amide bonds. The van der Waals surface area contributed by atoms with Gasteiger partial charge in [0, 0.05) is 0 Å². The molecule has 2 rings (SSSR count). The molecule has 0 N–H and O–H groups in total. The zero-order chi connectivity index (χ0) is 16.5. The molecule has 2 heteroatoms. The second-order valence-electron chi connectivity index (χ2n) is 8.04. The van der Waals surface area contributed by atoms with Gasteiger partial charge in [0.15, 0.2) is 0 Å². The van der Waals surface area contributed by atoms with Gasteiger partial charge in [0.05, 0.1) is 12.5 Å². The van der Waals surface area contributed by atoms with Crippen molar-refractivity contribution in [2.75, 3.05) is 7.11 Å². The summed E-state index contributed by atoms with van der Waals surface area (Å²) in [7, 11) is 1.53. The minimum Gasteiger partial charge on any atom is -0.469 e. The van der Waals surface area contributed by atoms with Crippen molar-refractivity contribution in [3.63, 3.8) is 0 Å². The van der Waals surface area contributed by atoms with Crippen LogP contribution in [-0.2, 0) is 9.53 Å². The lowest BCUT2D eigenvalue weighted by Gasteiger charge is -2.52. The van der Waals surface area contributed by atoms with E-state index < -0.39 is 0 Å². The minimum absolute atomic E-state index is 0.0257. The molecule has 0 unspecified atom stereocenters. The number of carbonyl (C=O) groups is 1. The zero-order valence-corrected chi connectivity index (χ0v) is 15.2. The van der Waals surface area contributed by atoms with E-state index in [1.807, 2.05) is 0 Å². The van der Waals surface area contributed by atoms with Crippen molar-refractivity contribution in [2.24, 2.45) is 22.7 Å². The highest BCUT2D eigenvalue weighted by Crippen LogP contribution is 2.58. The Kier molecular flexibility index (Phi) is 4.89. The molecule has 22 heavy (non-hydrogen) atoms. The van der Waals surface area contributed by atoms with E-state index in [0.717, 1.165) is 25.7 Å². The molecule has 4 atom stereocenters. The first kappa shape index (κ1) is 17.3. The Balaban J connectivity index is 2.40. The van der Waals surface area contributed by atoms with Crippen LogP contribution in [0.4, 0.5) is 0 Å². The molecule has 0 aromatic heterocycles. The third-order valence-electron chi connectivity index (χ3n) is 6.39. The van der Waals surface area contributed by atoms with E-state index >= 15 is 0 Å². The van der Waals surface area contributed by atoms with Crippen LogP contribution >= 0.6 is 0 Å². The molecule has 0 aliphatic heterocycles. The molecule has 0 radical (unpaired) electrons. The number of rotatable bonds is 3. The molecule has 0 aromatic rings. The van der Waals surface area contributed by atoms with Crippen LogP contribution in [0.25, 0.3) is 0 Å². The lowest BCUT2D eigenvalue weighted by atomic mass is 9.52. The van der Waals surface area contributed by atoms with E-state index in [0.29, 0.717) is 11.8 Å². The van der Waals surface area contributed by atoms with Crippen molar-refractivity contribution >= 4 is 5.97 Å². The summed E-state index contributed by atoms with van der Waals surface area (Å²) in [6, 6.07) is 0. The van der Waals surface area contributed by atoms with Crippen LogP contribution in [0, 0.1) is 22.7 Å². The molecule has 1 fully saturated rings. The fourth-order valence-corrected chi connectivity index (χ4v) is 4.52. The number of fused-ring (bicyclic) bond motifs is 1. The number of hydrogen-bond donors (Lipinski definition) is 0. The van der Waals surface area contributed by atoms with E-state index in [2.05, 4.69) is 46.8 Å². The Labute approximate surface area is 136 Å². The van der Waals surface area contributed by atoms with Gasteiger partial charge in [-0.05, 0) is 70.1 Å². The number of allylic oxidation sites excluding steroid dienone is 4. The lowest BCUT2D eigenvalue weighted by molar-refractivity contribution is -0.156. The van der Waals surface area contributed by atoms with Crippen LogP contribution < -0.4 is 0 Å². The normalized spacial score (nSPS) is 37.8. The largest absolute Gasteiger partial charge is 0.469 e. The molecular formula is C20H32O2. The van der Waals surface area contributed by atoms with E-state index in [1.54, 1.807) is 0 Å². The van der Waals surface area contributed by atoms with Crippen LogP contribution in [0.5, 0.6) is 0 Å². The summed E-state index contributed by atoms with van der Waals surface area (Å²) in [5, 5.41) is 0. The molecule has 1 saturated carbocycles. The Morgan fingerprint density at radius 2 is 2.05 bits per heavy atom. The van der Waals surface area contributed by atoms with Gasteiger partial charge in [0.2, 0.25) is 0 Å². The van der Waals surface area contributed by atoms with Crippen LogP contribution in [0.3, 0.4) is 0 Å². The lowest BCUT2D eigenvalue weighted by Crippen LogP contribution is -2.47. The van der Waals surface area contributed by atoms with Gasteiger partial charge >= 0.3 is 5.97 Å². The van der Waals surface area contributed by atoms with Crippen LogP contribution in [0.2, 0.25) is 0 Å². The van der Waals surface area contributed by atoms with Gasteiger partial charge in [-0.3, -0.25) is 4.79 Å². The van der Waals surface area contributed by atoms with Crippen LogP contribution in [0.1, 0.15) is 66.7 Å². The van der Waals surface area contributed by atoms with Crippen molar-refractivity contribution < 1.29 is 9.53 Å². The average molecular weight is 304 g/mol. The minimum atomic E-state index is -0.342. The predicted octanol–water partition coefficient (Wildman–Crippen LogP) is 5.29. The van der Waals surface area contributed by atoms with E-state index in [9.17, 15) is 4.79 Å². The SMILES string of the molecule is COC(=O)[C@@]1(C)CCC=C2[C@@H]1CC[C@@H](C)[C@]2(C)CC=C(C)C. The first-order chi connectivity index (χ1) is 10.3. The molecule has 0 saturated heterocycles. The van der Waals surface area contributed by atoms with Gasteiger partial charge in [-0.2, -0.15) is 0 Å². The van der Waals surface area contributed by atoms with E-state index in [-0.39, 0.29) is 16.8 Å². The Bertz CT molecular complexity index is 498. The summed E-state index contributed by atoms with van der Waals surface area (Å²) < 4.78 is 5.16. The summed E-state index contributed by atoms with van der Waals surface area (Å²) in [6.07, 6.45) is 10.1. The average Bonchev–Trinajstić information content (AvgIpc) is 2.49. The molecule has 0 bridgehead atoms. The van der Waals surface area contributed by atoms with E-state index in [1.165, 1.54) is 24.7 Å². The summed E-state index contributed by atoms with van der Waals surface area (Å²) in [5.74, 6) is 0.980. The van der Waals surface area contributed by atoms with Crippen LogP contribution in [-0.4, -0.2) is 13.1 Å². The molecule has 2 aliphatic rings. The Morgan fingerprint density at radius 3 is 2.64 bits per heavy atom. The van der Waals surface area contributed by atoms with Crippen molar-refractivity contribution in [1.29, 1.82) is 0 Å².